The summed E-state index contributed by atoms with van der Waals surface area (Å²) in [4.78, 5) is 2.38. The van der Waals surface area contributed by atoms with E-state index in [0.717, 1.165) is 23.9 Å². The van der Waals surface area contributed by atoms with Gasteiger partial charge in [-0.3, -0.25) is 0 Å². The second-order valence-corrected chi connectivity index (χ2v) is 5.92. The predicted molar refractivity (Wildman–Crippen MR) is 84.7 cm³/mol. The van der Waals surface area contributed by atoms with Crippen LogP contribution >= 0.6 is 24.2 Å². The van der Waals surface area contributed by atoms with Gasteiger partial charge in [0, 0.05) is 18.1 Å². The average Bonchev–Trinajstić information content (AvgIpc) is 2.39. The fourth-order valence-corrected chi connectivity index (χ4v) is 2.95. The van der Waals surface area contributed by atoms with Crippen LogP contribution in [0.5, 0.6) is 0 Å². The maximum Gasteiger partial charge on any atom is 0.0406 e. The lowest BCUT2D eigenvalue weighted by Gasteiger charge is -2.34. The third-order valence-corrected chi connectivity index (χ3v) is 4.73. The zero-order chi connectivity index (χ0) is 13.6. The molecule has 1 nitrogen and oxygen atoms in total. The number of halogens is 1. The molecule has 1 aromatic carbocycles. The van der Waals surface area contributed by atoms with Gasteiger partial charge in [0.1, 0.15) is 0 Å². The molecule has 0 aliphatic rings. The first-order chi connectivity index (χ1) is 8.55. The van der Waals surface area contributed by atoms with Gasteiger partial charge in [-0.25, -0.2) is 0 Å². The molecule has 0 saturated carbocycles. The molecule has 0 atom stereocenters. The molecule has 0 aliphatic carbocycles. The number of nitrogens with zero attached hydrogens (tertiary/aromatic N) is 1. The summed E-state index contributed by atoms with van der Waals surface area (Å²) in [6.45, 7) is 6.57. The first-order valence-corrected chi connectivity index (χ1v) is 7.60. The lowest BCUT2D eigenvalue weighted by atomic mass is 9.84. The van der Waals surface area contributed by atoms with Crippen molar-refractivity contribution in [1.29, 1.82) is 0 Å². The fourth-order valence-electron chi connectivity index (χ4n) is 2.28. The Hall–Kier alpha value is -0.180. The predicted octanol–water partition coefficient (Wildman–Crippen LogP) is 4.51. The summed E-state index contributed by atoms with van der Waals surface area (Å²) in [5.41, 5.74) is 1.65. The van der Waals surface area contributed by atoms with Crippen LogP contribution < -0.4 is 0 Å². The third kappa shape index (κ3) is 4.49. The van der Waals surface area contributed by atoms with Gasteiger partial charge in [0.05, 0.1) is 0 Å². The highest BCUT2D eigenvalue weighted by molar-refractivity contribution is 7.80. The second kappa shape index (κ2) is 7.42. The normalized spacial score (nSPS) is 12.1. The third-order valence-electron chi connectivity index (χ3n) is 3.81. The van der Waals surface area contributed by atoms with E-state index in [9.17, 15) is 0 Å². The Morgan fingerprint density at radius 3 is 2.17 bits per heavy atom. The minimum Gasteiger partial charge on any atom is -0.302 e. The largest absolute Gasteiger partial charge is 0.302 e. The Morgan fingerprint density at radius 2 is 1.72 bits per heavy atom. The van der Waals surface area contributed by atoms with Crippen LogP contribution in [0.4, 0.5) is 0 Å². The first-order valence-electron chi connectivity index (χ1n) is 6.59. The molecule has 0 aromatic heterocycles. The van der Waals surface area contributed by atoms with Crippen LogP contribution in [0.15, 0.2) is 24.3 Å². The molecule has 18 heavy (non-hydrogen) atoms. The molecule has 0 bridgehead atoms. The number of thiol groups is 1. The summed E-state index contributed by atoms with van der Waals surface area (Å²) in [6, 6.07) is 8.10. The molecule has 0 aliphatic heterocycles. The maximum absolute atomic E-state index is 5.90. The summed E-state index contributed by atoms with van der Waals surface area (Å²) in [5, 5.41) is 0.799. The van der Waals surface area contributed by atoms with Gasteiger partial charge >= 0.3 is 0 Å². The molecule has 0 fully saturated rings. The van der Waals surface area contributed by atoms with E-state index in [0.29, 0.717) is 5.41 Å². The molecule has 0 saturated heterocycles. The molecule has 102 valence electrons. The summed E-state index contributed by atoms with van der Waals surface area (Å²) >= 11 is 10.4. The molecule has 0 unspecified atom stereocenters. The van der Waals surface area contributed by atoms with E-state index in [1.807, 2.05) is 12.1 Å². The van der Waals surface area contributed by atoms with Gasteiger partial charge in [0.25, 0.3) is 0 Å². The van der Waals surface area contributed by atoms with Gasteiger partial charge in [-0.05, 0) is 48.8 Å². The van der Waals surface area contributed by atoms with Gasteiger partial charge in [-0.2, -0.15) is 12.6 Å². The SMILES string of the molecule is CCC(CC)(CS)CN(C)Cc1ccc(Cl)cc1. The topological polar surface area (TPSA) is 3.24 Å². The number of benzene rings is 1. The molecule has 1 rings (SSSR count). The summed E-state index contributed by atoms with van der Waals surface area (Å²) < 4.78 is 0. The first kappa shape index (κ1) is 15.9. The van der Waals surface area contributed by atoms with Gasteiger partial charge < -0.3 is 4.90 Å². The Kier molecular flexibility index (Phi) is 6.54. The summed E-state index contributed by atoms with van der Waals surface area (Å²) in [6.07, 6.45) is 2.36. The van der Waals surface area contributed by atoms with Crippen LogP contribution in [0.2, 0.25) is 5.02 Å². The van der Waals surface area contributed by atoms with Crippen LogP contribution in [-0.2, 0) is 6.54 Å². The smallest absolute Gasteiger partial charge is 0.0406 e. The maximum atomic E-state index is 5.90. The van der Waals surface area contributed by atoms with E-state index in [1.54, 1.807) is 0 Å². The number of hydrogen-bond donors (Lipinski definition) is 1. The van der Waals surface area contributed by atoms with Gasteiger partial charge in [-0.15, -0.1) is 0 Å². The lowest BCUT2D eigenvalue weighted by Crippen LogP contribution is -2.36. The minimum absolute atomic E-state index is 0.338. The average molecular weight is 286 g/mol. The molecule has 0 amide bonds. The standard InChI is InChI=1S/C15H24ClNS/c1-4-15(5-2,12-18)11-17(3)10-13-6-8-14(16)9-7-13/h6-9,18H,4-5,10-12H2,1-3H3. The van der Waals surface area contributed by atoms with Crippen molar-refractivity contribution in [2.45, 2.75) is 33.2 Å². The highest BCUT2D eigenvalue weighted by Gasteiger charge is 2.25. The van der Waals surface area contributed by atoms with Gasteiger partial charge in [-0.1, -0.05) is 37.6 Å². The zero-order valence-corrected chi connectivity index (χ0v) is 13.3. The molecule has 1 aromatic rings. The van der Waals surface area contributed by atoms with Crippen LogP contribution in [-0.4, -0.2) is 24.2 Å². The molecular weight excluding hydrogens is 262 g/mol. The van der Waals surface area contributed by atoms with Crippen LogP contribution in [0.25, 0.3) is 0 Å². The van der Waals surface area contributed by atoms with Crippen molar-refractivity contribution >= 4 is 24.2 Å². The minimum atomic E-state index is 0.338. The molecule has 0 N–H and O–H groups in total. The van der Waals surface area contributed by atoms with Crippen LogP contribution in [0.3, 0.4) is 0 Å². The Bertz CT molecular complexity index is 338. The Labute approximate surface area is 122 Å². The highest BCUT2D eigenvalue weighted by atomic mass is 35.5. The van der Waals surface area contributed by atoms with Crippen molar-refractivity contribution in [2.75, 3.05) is 19.3 Å². The molecule has 0 spiro atoms. The van der Waals surface area contributed by atoms with Crippen molar-refractivity contribution in [3.8, 4) is 0 Å². The van der Waals surface area contributed by atoms with Crippen molar-refractivity contribution in [3.63, 3.8) is 0 Å². The van der Waals surface area contributed by atoms with Crippen molar-refractivity contribution in [1.82, 2.24) is 4.90 Å². The number of hydrogen-bond acceptors (Lipinski definition) is 2. The van der Waals surface area contributed by atoms with E-state index in [-0.39, 0.29) is 0 Å². The summed E-state index contributed by atoms with van der Waals surface area (Å²) in [7, 11) is 2.18. The van der Waals surface area contributed by atoms with Crippen molar-refractivity contribution < 1.29 is 0 Å². The van der Waals surface area contributed by atoms with Crippen LogP contribution in [0.1, 0.15) is 32.3 Å². The highest BCUT2D eigenvalue weighted by Crippen LogP contribution is 2.29. The number of rotatable bonds is 7. The van der Waals surface area contributed by atoms with E-state index in [4.69, 9.17) is 11.6 Å². The quantitative estimate of drug-likeness (QED) is 0.722. The van der Waals surface area contributed by atoms with E-state index in [1.165, 1.54) is 18.4 Å². The lowest BCUT2D eigenvalue weighted by molar-refractivity contribution is 0.179. The van der Waals surface area contributed by atoms with Crippen molar-refractivity contribution in [2.24, 2.45) is 5.41 Å². The Morgan fingerprint density at radius 1 is 1.17 bits per heavy atom. The monoisotopic (exact) mass is 285 g/mol. The molecule has 3 heteroatoms. The second-order valence-electron chi connectivity index (χ2n) is 5.16. The van der Waals surface area contributed by atoms with Crippen molar-refractivity contribution in [3.05, 3.63) is 34.9 Å². The molecular formula is C15H24ClNS. The van der Waals surface area contributed by atoms with Gasteiger partial charge in [0.15, 0.2) is 0 Å². The Balaban J connectivity index is 2.60. The molecule has 0 radical (unpaired) electrons. The fraction of sp³-hybridized carbons (Fsp3) is 0.600. The van der Waals surface area contributed by atoms with E-state index in [2.05, 4.69) is 50.6 Å². The van der Waals surface area contributed by atoms with E-state index < -0.39 is 0 Å². The summed E-state index contributed by atoms with van der Waals surface area (Å²) in [5.74, 6) is 0.949. The zero-order valence-electron chi connectivity index (χ0n) is 11.6. The van der Waals surface area contributed by atoms with Crippen LogP contribution in [0, 0.1) is 5.41 Å². The molecule has 0 heterocycles. The van der Waals surface area contributed by atoms with E-state index >= 15 is 0 Å². The van der Waals surface area contributed by atoms with Gasteiger partial charge in [0.2, 0.25) is 0 Å².